The van der Waals surface area contributed by atoms with E-state index in [-0.39, 0.29) is 0 Å². The van der Waals surface area contributed by atoms with E-state index in [1.54, 1.807) is 72.8 Å². The van der Waals surface area contributed by atoms with Crippen LogP contribution in [0.2, 0.25) is 0 Å². The highest BCUT2D eigenvalue weighted by Gasteiger charge is 2.11. The summed E-state index contributed by atoms with van der Waals surface area (Å²) in [6, 6.07) is 21.8. The molecule has 0 aliphatic heterocycles. The zero-order valence-electron chi connectivity index (χ0n) is 18.3. The molecule has 0 fully saturated rings. The average Bonchev–Trinajstić information content (AvgIpc) is 2.85. The minimum atomic E-state index is -0.476. The van der Waals surface area contributed by atoms with Crippen molar-refractivity contribution in [1.82, 2.24) is 0 Å². The molecule has 0 heterocycles. The molecule has 6 heteroatoms. The standard InChI is InChI=1S/C23H20O5.C3H8O/c1-2-16-26-19-10-8-18(9-11-19)23(25)28-21-14-12-20(13-15-21)27-22(24)17-6-4-3-5-7-17;1-2-3-4/h3-15H,2,16H2,1H3;4H,2-3H2,1H3. The van der Waals surface area contributed by atoms with E-state index in [1.807, 2.05) is 19.9 Å². The SMILES string of the molecule is CCCO.CCCOc1ccc(C(=O)Oc2ccc(OC(=O)c3ccccc3)cc2)cc1. The number of ether oxygens (including phenoxy) is 3. The summed E-state index contributed by atoms with van der Waals surface area (Å²) in [4.78, 5) is 24.3. The molecule has 0 radical (unpaired) electrons. The molecule has 0 unspecified atom stereocenters. The molecule has 0 aromatic heterocycles. The molecular formula is C26H28O6. The molecule has 168 valence electrons. The van der Waals surface area contributed by atoms with Gasteiger partial charge in [0.25, 0.3) is 0 Å². The third-order valence-corrected chi connectivity index (χ3v) is 4.04. The van der Waals surface area contributed by atoms with E-state index in [0.717, 1.165) is 12.8 Å². The van der Waals surface area contributed by atoms with E-state index in [4.69, 9.17) is 19.3 Å². The highest BCUT2D eigenvalue weighted by molar-refractivity contribution is 5.92. The van der Waals surface area contributed by atoms with Gasteiger partial charge in [-0.25, -0.2) is 9.59 Å². The number of hydrogen-bond acceptors (Lipinski definition) is 6. The van der Waals surface area contributed by atoms with Crippen LogP contribution in [0.1, 0.15) is 47.4 Å². The molecule has 0 aliphatic carbocycles. The minimum absolute atomic E-state index is 0.319. The Morgan fingerprint density at radius 2 is 1.09 bits per heavy atom. The van der Waals surface area contributed by atoms with Gasteiger partial charge in [-0.2, -0.15) is 0 Å². The second-order valence-electron chi connectivity index (χ2n) is 6.71. The van der Waals surface area contributed by atoms with E-state index in [0.29, 0.717) is 41.6 Å². The summed E-state index contributed by atoms with van der Waals surface area (Å²) in [5.74, 6) is 0.511. The topological polar surface area (TPSA) is 82.1 Å². The Bertz CT molecular complexity index is 948. The average molecular weight is 437 g/mol. The number of aliphatic hydroxyl groups is 1. The molecule has 3 rings (SSSR count). The molecular weight excluding hydrogens is 408 g/mol. The summed E-state index contributed by atoms with van der Waals surface area (Å²) < 4.78 is 16.1. The van der Waals surface area contributed by atoms with E-state index >= 15 is 0 Å². The third-order valence-electron chi connectivity index (χ3n) is 4.04. The summed E-state index contributed by atoms with van der Waals surface area (Å²) in [6.45, 7) is 4.91. The van der Waals surface area contributed by atoms with Crippen molar-refractivity contribution in [3.8, 4) is 17.2 Å². The van der Waals surface area contributed by atoms with E-state index in [9.17, 15) is 9.59 Å². The summed E-state index contributed by atoms with van der Waals surface area (Å²) >= 11 is 0. The number of carbonyl (C=O) groups is 2. The largest absolute Gasteiger partial charge is 0.494 e. The van der Waals surface area contributed by atoms with Gasteiger partial charge in [-0.1, -0.05) is 32.0 Å². The maximum Gasteiger partial charge on any atom is 0.343 e. The van der Waals surface area contributed by atoms with Crippen molar-refractivity contribution in [2.24, 2.45) is 0 Å². The summed E-state index contributed by atoms with van der Waals surface area (Å²) in [7, 11) is 0. The van der Waals surface area contributed by atoms with E-state index in [2.05, 4.69) is 0 Å². The Labute approximate surface area is 188 Å². The van der Waals surface area contributed by atoms with Crippen LogP contribution in [0.5, 0.6) is 17.2 Å². The summed E-state index contributed by atoms with van der Waals surface area (Å²) in [5, 5.41) is 7.88. The molecule has 0 saturated heterocycles. The van der Waals surface area contributed by atoms with Crippen LogP contribution in [0.3, 0.4) is 0 Å². The van der Waals surface area contributed by atoms with Crippen LogP contribution in [-0.4, -0.2) is 30.3 Å². The lowest BCUT2D eigenvalue weighted by Crippen LogP contribution is -2.09. The van der Waals surface area contributed by atoms with Gasteiger partial charge in [-0.15, -0.1) is 0 Å². The Morgan fingerprint density at radius 1 is 0.656 bits per heavy atom. The van der Waals surface area contributed by atoms with Crippen LogP contribution in [0.4, 0.5) is 0 Å². The lowest BCUT2D eigenvalue weighted by Gasteiger charge is -2.08. The fourth-order valence-electron chi connectivity index (χ4n) is 2.39. The summed E-state index contributed by atoms with van der Waals surface area (Å²) in [5.41, 5.74) is 0.882. The van der Waals surface area contributed by atoms with Gasteiger partial charge in [0, 0.05) is 6.61 Å². The van der Waals surface area contributed by atoms with Crippen molar-refractivity contribution >= 4 is 11.9 Å². The molecule has 3 aromatic rings. The van der Waals surface area contributed by atoms with Crippen molar-refractivity contribution in [2.75, 3.05) is 13.2 Å². The van der Waals surface area contributed by atoms with Crippen LogP contribution in [0, 0.1) is 0 Å². The highest BCUT2D eigenvalue weighted by atomic mass is 16.5. The molecule has 32 heavy (non-hydrogen) atoms. The first-order chi connectivity index (χ1) is 15.6. The van der Waals surface area contributed by atoms with Crippen LogP contribution in [0.15, 0.2) is 78.9 Å². The maximum atomic E-state index is 12.2. The number of esters is 2. The van der Waals surface area contributed by atoms with E-state index < -0.39 is 11.9 Å². The lowest BCUT2D eigenvalue weighted by molar-refractivity contribution is 0.0719. The monoisotopic (exact) mass is 436 g/mol. The molecule has 3 aromatic carbocycles. The molecule has 0 saturated carbocycles. The van der Waals surface area contributed by atoms with E-state index in [1.165, 1.54) is 0 Å². The normalized spacial score (nSPS) is 9.84. The van der Waals surface area contributed by atoms with Gasteiger partial charge in [0.2, 0.25) is 0 Å². The minimum Gasteiger partial charge on any atom is -0.494 e. The van der Waals surface area contributed by atoms with Gasteiger partial charge >= 0.3 is 11.9 Å². The molecule has 1 N–H and O–H groups in total. The second kappa shape index (κ2) is 13.6. The first kappa shape index (κ1) is 24.6. The van der Waals surface area contributed by atoms with Crippen LogP contribution in [0.25, 0.3) is 0 Å². The van der Waals surface area contributed by atoms with Crippen LogP contribution >= 0.6 is 0 Å². The maximum absolute atomic E-state index is 12.2. The number of aliphatic hydroxyl groups excluding tert-OH is 1. The van der Waals surface area contributed by atoms with Crippen molar-refractivity contribution in [1.29, 1.82) is 0 Å². The summed E-state index contributed by atoms with van der Waals surface area (Å²) in [6.07, 6.45) is 1.79. The quantitative estimate of drug-likeness (QED) is 0.381. The zero-order chi connectivity index (χ0) is 23.2. The number of hydrogen-bond donors (Lipinski definition) is 1. The van der Waals surface area contributed by atoms with Crippen molar-refractivity contribution < 1.29 is 28.9 Å². The number of rotatable bonds is 8. The first-order valence-corrected chi connectivity index (χ1v) is 10.5. The Balaban J connectivity index is 0.000000837. The van der Waals surface area contributed by atoms with Crippen molar-refractivity contribution in [3.05, 3.63) is 90.0 Å². The number of carbonyl (C=O) groups excluding carboxylic acids is 2. The van der Waals surface area contributed by atoms with Gasteiger partial charge in [0.15, 0.2) is 0 Å². The van der Waals surface area contributed by atoms with Gasteiger partial charge in [-0.3, -0.25) is 0 Å². The number of benzene rings is 3. The Kier molecular flexibility index (Phi) is 10.5. The molecule has 0 aliphatic rings. The third kappa shape index (κ3) is 8.24. The highest BCUT2D eigenvalue weighted by Crippen LogP contribution is 2.20. The lowest BCUT2D eigenvalue weighted by atomic mass is 10.2. The fourth-order valence-corrected chi connectivity index (χ4v) is 2.39. The van der Waals surface area contributed by atoms with Gasteiger partial charge < -0.3 is 19.3 Å². The predicted octanol–water partition coefficient (Wildman–Crippen LogP) is 5.30. The van der Waals surface area contributed by atoms with Crippen molar-refractivity contribution in [2.45, 2.75) is 26.7 Å². The molecule has 0 amide bonds. The van der Waals surface area contributed by atoms with Gasteiger partial charge in [0.1, 0.15) is 17.2 Å². The smallest absolute Gasteiger partial charge is 0.343 e. The Morgan fingerprint density at radius 3 is 1.53 bits per heavy atom. The molecule has 0 atom stereocenters. The first-order valence-electron chi connectivity index (χ1n) is 10.5. The second-order valence-corrected chi connectivity index (χ2v) is 6.71. The molecule has 6 nitrogen and oxygen atoms in total. The van der Waals surface area contributed by atoms with Crippen molar-refractivity contribution in [3.63, 3.8) is 0 Å². The Hall–Kier alpha value is -3.64. The fraction of sp³-hybridized carbons (Fsp3) is 0.231. The molecule has 0 bridgehead atoms. The van der Waals surface area contributed by atoms with Gasteiger partial charge in [-0.05, 0) is 73.5 Å². The van der Waals surface area contributed by atoms with Crippen LogP contribution < -0.4 is 14.2 Å². The van der Waals surface area contributed by atoms with Crippen LogP contribution in [-0.2, 0) is 0 Å². The molecule has 0 spiro atoms. The predicted molar refractivity (Wildman–Crippen MR) is 122 cm³/mol. The zero-order valence-corrected chi connectivity index (χ0v) is 18.3. The van der Waals surface area contributed by atoms with Gasteiger partial charge in [0.05, 0.1) is 17.7 Å².